The molecule has 0 spiro atoms. The van der Waals surface area contributed by atoms with Crippen LogP contribution in [0.1, 0.15) is 12.0 Å². The summed E-state index contributed by atoms with van der Waals surface area (Å²) in [5, 5.41) is -0.251. The van der Waals surface area contributed by atoms with Gasteiger partial charge in [-0.2, -0.15) is 0 Å². The molecule has 0 unspecified atom stereocenters. The second-order valence-corrected chi connectivity index (χ2v) is 8.17. The lowest BCUT2D eigenvalue weighted by atomic mass is 9.93. The van der Waals surface area contributed by atoms with Crippen molar-refractivity contribution in [1.82, 2.24) is 4.31 Å². The number of hydrogen-bond donors (Lipinski definition) is 0. The topological polar surface area (TPSA) is 46.6 Å². The van der Waals surface area contributed by atoms with E-state index in [9.17, 15) is 12.8 Å². The van der Waals surface area contributed by atoms with Gasteiger partial charge in [0.15, 0.2) is 0 Å². The fourth-order valence-electron chi connectivity index (χ4n) is 2.62. The molecule has 2 atom stereocenters. The Kier molecular flexibility index (Phi) is 5.24. The van der Waals surface area contributed by atoms with Crippen molar-refractivity contribution in [2.45, 2.75) is 18.1 Å². The summed E-state index contributed by atoms with van der Waals surface area (Å²) >= 11 is 6.03. The Morgan fingerprint density at radius 2 is 2.14 bits per heavy atom. The number of benzene rings is 1. The van der Waals surface area contributed by atoms with Crippen LogP contribution >= 0.6 is 11.6 Å². The van der Waals surface area contributed by atoms with Crippen LogP contribution in [0.5, 0.6) is 0 Å². The number of rotatable bonds is 4. The van der Waals surface area contributed by atoms with Gasteiger partial charge in [0.1, 0.15) is 5.82 Å². The summed E-state index contributed by atoms with van der Waals surface area (Å²) in [6, 6.07) is 4.48. The minimum absolute atomic E-state index is 0.253. The highest BCUT2D eigenvalue weighted by molar-refractivity contribution is 7.89. The molecular weight excluding hydrogens is 317 g/mol. The van der Waals surface area contributed by atoms with Gasteiger partial charge < -0.3 is 4.74 Å². The lowest BCUT2D eigenvalue weighted by Gasteiger charge is -2.33. The normalized spacial score (nSPS) is 23.5. The lowest BCUT2D eigenvalue weighted by molar-refractivity contribution is 0.0561. The predicted octanol–water partition coefficient (Wildman–Crippen LogP) is 2.32. The molecule has 4 nitrogen and oxygen atoms in total. The van der Waals surface area contributed by atoms with Gasteiger partial charge >= 0.3 is 0 Å². The largest absolute Gasteiger partial charge is 0.381 e. The molecule has 0 aliphatic carbocycles. The zero-order valence-electron chi connectivity index (χ0n) is 12.1. The highest BCUT2D eigenvalue weighted by atomic mass is 35.5. The molecule has 0 N–H and O–H groups in total. The molecule has 118 valence electrons. The Hall–Kier alpha value is -0.690. The average Bonchev–Trinajstić information content (AvgIpc) is 2.43. The van der Waals surface area contributed by atoms with Crippen LogP contribution in [0.3, 0.4) is 0 Å². The molecule has 1 fully saturated rings. The molecule has 0 amide bonds. The third kappa shape index (κ3) is 3.56. The molecule has 1 saturated heterocycles. The fourth-order valence-corrected chi connectivity index (χ4v) is 4.46. The number of hydrogen-bond acceptors (Lipinski definition) is 3. The molecule has 2 rings (SSSR count). The first-order chi connectivity index (χ1) is 9.84. The minimum atomic E-state index is -3.41. The summed E-state index contributed by atoms with van der Waals surface area (Å²) in [5.74, 6) is -0.713. The van der Waals surface area contributed by atoms with E-state index >= 15 is 0 Å². The van der Waals surface area contributed by atoms with Gasteiger partial charge in [0.25, 0.3) is 0 Å². The van der Waals surface area contributed by atoms with Gasteiger partial charge in [0.2, 0.25) is 10.0 Å². The van der Waals surface area contributed by atoms with Crippen molar-refractivity contribution >= 4 is 21.6 Å². The van der Waals surface area contributed by atoms with Crippen LogP contribution in [0.25, 0.3) is 0 Å². The molecule has 0 saturated carbocycles. The SMILES string of the molecule is CN(C)S(=O)(=O)[C@@H]1CCOC[C@@H]1Cc1c(F)cccc1Cl. The lowest BCUT2D eigenvalue weighted by Crippen LogP contribution is -2.44. The highest BCUT2D eigenvalue weighted by Crippen LogP contribution is 2.30. The van der Waals surface area contributed by atoms with E-state index in [0.29, 0.717) is 30.2 Å². The summed E-state index contributed by atoms with van der Waals surface area (Å²) in [6.45, 7) is 0.696. The summed E-state index contributed by atoms with van der Waals surface area (Å²) in [7, 11) is -0.383. The zero-order valence-corrected chi connectivity index (χ0v) is 13.6. The third-order valence-corrected chi connectivity index (χ3v) is 6.58. The van der Waals surface area contributed by atoms with Crippen molar-refractivity contribution in [1.29, 1.82) is 0 Å². The van der Waals surface area contributed by atoms with E-state index in [4.69, 9.17) is 16.3 Å². The van der Waals surface area contributed by atoms with E-state index in [0.717, 1.165) is 0 Å². The van der Waals surface area contributed by atoms with E-state index in [1.54, 1.807) is 6.07 Å². The molecule has 7 heteroatoms. The first-order valence-corrected chi connectivity index (χ1v) is 8.64. The van der Waals surface area contributed by atoms with E-state index in [1.165, 1.54) is 30.5 Å². The van der Waals surface area contributed by atoms with Crippen molar-refractivity contribution in [2.75, 3.05) is 27.3 Å². The second kappa shape index (κ2) is 6.60. The summed E-state index contributed by atoms with van der Waals surface area (Å²) < 4.78 is 45.3. The van der Waals surface area contributed by atoms with Crippen LogP contribution in [0.15, 0.2) is 18.2 Å². The maximum absolute atomic E-state index is 13.9. The predicted molar refractivity (Wildman–Crippen MR) is 80.4 cm³/mol. The van der Waals surface area contributed by atoms with E-state index in [2.05, 4.69) is 0 Å². The quantitative estimate of drug-likeness (QED) is 0.848. The van der Waals surface area contributed by atoms with Crippen LogP contribution in [0.4, 0.5) is 4.39 Å². The van der Waals surface area contributed by atoms with Gasteiger partial charge in [-0.05, 0) is 25.0 Å². The highest BCUT2D eigenvalue weighted by Gasteiger charge is 2.38. The number of nitrogens with zero attached hydrogens (tertiary/aromatic N) is 1. The minimum Gasteiger partial charge on any atom is -0.381 e. The standard InChI is InChI=1S/C14H19ClFNO3S/c1-17(2)21(18,19)14-6-7-20-9-10(14)8-11-12(15)4-3-5-13(11)16/h3-5,10,14H,6-9H2,1-2H3/t10-,14+/m0/s1. The van der Waals surface area contributed by atoms with E-state index in [-0.39, 0.29) is 12.3 Å². The Bertz CT molecular complexity index is 586. The van der Waals surface area contributed by atoms with Crippen molar-refractivity contribution in [2.24, 2.45) is 5.92 Å². The molecule has 21 heavy (non-hydrogen) atoms. The molecule has 0 aromatic heterocycles. The Balaban J connectivity index is 2.28. The summed E-state index contributed by atoms with van der Waals surface area (Å²) in [5.41, 5.74) is 0.355. The van der Waals surface area contributed by atoms with Gasteiger partial charge in [-0.3, -0.25) is 0 Å². The summed E-state index contributed by atoms with van der Waals surface area (Å²) in [6.07, 6.45) is 0.667. The van der Waals surface area contributed by atoms with Crippen molar-refractivity contribution in [3.63, 3.8) is 0 Å². The van der Waals surface area contributed by atoms with Crippen LogP contribution < -0.4 is 0 Å². The smallest absolute Gasteiger partial charge is 0.216 e. The first kappa shape index (κ1) is 16.7. The van der Waals surface area contributed by atoms with Crippen LogP contribution in [0.2, 0.25) is 5.02 Å². The Morgan fingerprint density at radius 1 is 1.43 bits per heavy atom. The zero-order chi connectivity index (χ0) is 15.6. The third-order valence-electron chi connectivity index (χ3n) is 3.82. The maximum Gasteiger partial charge on any atom is 0.216 e. The van der Waals surface area contributed by atoms with Gasteiger partial charge in [-0.25, -0.2) is 17.1 Å². The fraction of sp³-hybridized carbons (Fsp3) is 0.571. The molecule has 1 aromatic carbocycles. The molecule has 1 aliphatic rings. The van der Waals surface area contributed by atoms with Gasteiger partial charge in [0, 0.05) is 37.2 Å². The van der Waals surface area contributed by atoms with Crippen molar-refractivity contribution in [3.8, 4) is 0 Å². The monoisotopic (exact) mass is 335 g/mol. The van der Waals surface area contributed by atoms with Crippen LogP contribution in [-0.4, -0.2) is 45.3 Å². The Morgan fingerprint density at radius 3 is 2.76 bits per heavy atom. The number of ether oxygens (including phenoxy) is 1. The van der Waals surface area contributed by atoms with Crippen LogP contribution in [-0.2, 0) is 21.2 Å². The van der Waals surface area contributed by atoms with Crippen LogP contribution in [0, 0.1) is 11.7 Å². The molecule has 1 aromatic rings. The molecule has 1 heterocycles. The van der Waals surface area contributed by atoms with Gasteiger partial charge in [-0.1, -0.05) is 17.7 Å². The van der Waals surface area contributed by atoms with E-state index in [1.807, 2.05) is 0 Å². The van der Waals surface area contributed by atoms with Crippen molar-refractivity contribution < 1.29 is 17.5 Å². The first-order valence-electron chi connectivity index (χ1n) is 6.76. The average molecular weight is 336 g/mol. The molecule has 1 aliphatic heterocycles. The van der Waals surface area contributed by atoms with E-state index < -0.39 is 21.1 Å². The number of sulfonamides is 1. The van der Waals surface area contributed by atoms with Gasteiger partial charge in [0.05, 0.1) is 11.9 Å². The molecule has 0 bridgehead atoms. The van der Waals surface area contributed by atoms with Crippen molar-refractivity contribution in [3.05, 3.63) is 34.6 Å². The maximum atomic E-state index is 13.9. The Labute approximate surface area is 129 Å². The number of halogens is 2. The molecular formula is C14H19ClFNO3S. The second-order valence-electron chi connectivity index (χ2n) is 5.39. The summed E-state index contributed by atoms with van der Waals surface area (Å²) in [4.78, 5) is 0. The molecule has 0 radical (unpaired) electrons. The van der Waals surface area contributed by atoms with Gasteiger partial charge in [-0.15, -0.1) is 0 Å².